The Morgan fingerprint density at radius 1 is 1.10 bits per heavy atom. The summed E-state index contributed by atoms with van der Waals surface area (Å²) in [5.74, 6) is 0.190. The number of fused-ring (bicyclic) bond motifs is 1. The second-order valence-electron chi connectivity index (χ2n) is 7.80. The van der Waals surface area contributed by atoms with E-state index in [4.69, 9.17) is 0 Å². The maximum Gasteiger partial charge on any atom is 0.258 e. The number of hydrogen-bond donors (Lipinski definition) is 2. The number of nitrogens with one attached hydrogen (secondary N) is 2. The first-order valence-corrected chi connectivity index (χ1v) is 10.1. The van der Waals surface area contributed by atoms with Crippen LogP contribution in [-0.4, -0.2) is 22.4 Å². The molecule has 150 valence electrons. The van der Waals surface area contributed by atoms with Crippen LogP contribution < -0.4 is 10.9 Å². The highest BCUT2D eigenvalue weighted by molar-refractivity contribution is 5.78. The van der Waals surface area contributed by atoms with Gasteiger partial charge in [-0.3, -0.25) is 9.59 Å². The Balaban J connectivity index is 1.39. The molecule has 4 rings (SSSR count). The van der Waals surface area contributed by atoms with E-state index in [0.29, 0.717) is 29.7 Å². The highest BCUT2D eigenvalue weighted by atomic mass is 19.1. The molecule has 3 aromatic rings. The van der Waals surface area contributed by atoms with Crippen molar-refractivity contribution in [3.63, 3.8) is 0 Å². The fraction of sp³-hybridized carbons (Fsp3) is 0.348. The normalized spacial score (nSPS) is 15.5. The quantitative estimate of drug-likeness (QED) is 0.672. The molecule has 2 N–H and O–H groups in total. The number of aryl methyl sites for hydroxylation is 1. The van der Waals surface area contributed by atoms with Crippen LogP contribution in [0, 0.1) is 5.82 Å². The van der Waals surface area contributed by atoms with Gasteiger partial charge in [0.05, 0.1) is 10.9 Å². The van der Waals surface area contributed by atoms with Gasteiger partial charge in [-0.25, -0.2) is 9.37 Å². The molecular formula is C23H24FN3O2. The molecule has 1 aliphatic rings. The summed E-state index contributed by atoms with van der Waals surface area (Å²) in [4.78, 5) is 31.8. The topological polar surface area (TPSA) is 74.8 Å². The molecule has 1 amide bonds. The van der Waals surface area contributed by atoms with Gasteiger partial charge in [0.1, 0.15) is 11.6 Å². The Kier molecular flexibility index (Phi) is 5.43. The van der Waals surface area contributed by atoms with Crippen molar-refractivity contribution in [2.24, 2.45) is 0 Å². The van der Waals surface area contributed by atoms with E-state index in [1.807, 2.05) is 18.2 Å². The van der Waals surface area contributed by atoms with Crippen molar-refractivity contribution in [2.75, 3.05) is 6.54 Å². The molecule has 5 nitrogen and oxygen atoms in total. The van der Waals surface area contributed by atoms with Crippen LogP contribution in [0.25, 0.3) is 10.9 Å². The molecule has 1 aliphatic carbocycles. The zero-order chi connectivity index (χ0) is 20.3. The first kappa shape index (κ1) is 19.3. The standard InChI is InChI=1S/C23H24FN3O2/c24-17-9-7-16(8-10-17)23(13-3-4-14-23)15-25-21(28)12-11-20-26-19-6-2-1-5-18(19)22(29)27-20/h1-2,5-10H,3-4,11-15H2,(H,25,28)(H,26,27,29). The first-order chi connectivity index (χ1) is 14.1. The number of carbonyl (C=O) groups is 1. The molecule has 0 radical (unpaired) electrons. The number of carbonyl (C=O) groups excluding carboxylic acids is 1. The minimum Gasteiger partial charge on any atom is -0.355 e. The number of aromatic nitrogens is 2. The van der Waals surface area contributed by atoms with E-state index in [2.05, 4.69) is 15.3 Å². The van der Waals surface area contributed by atoms with Crippen molar-refractivity contribution in [1.82, 2.24) is 15.3 Å². The van der Waals surface area contributed by atoms with Gasteiger partial charge in [0, 0.05) is 24.8 Å². The maximum atomic E-state index is 13.3. The van der Waals surface area contributed by atoms with Crippen molar-refractivity contribution < 1.29 is 9.18 Å². The van der Waals surface area contributed by atoms with Gasteiger partial charge in [0.2, 0.25) is 5.91 Å². The van der Waals surface area contributed by atoms with Crippen molar-refractivity contribution in [3.05, 3.63) is 76.1 Å². The molecular weight excluding hydrogens is 369 g/mol. The molecule has 0 atom stereocenters. The minimum absolute atomic E-state index is 0.0748. The molecule has 1 fully saturated rings. The summed E-state index contributed by atoms with van der Waals surface area (Å²) < 4.78 is 13.3. The van der Waals surface area contributed by atoms with Gasteiger partial charge in [0.25, 0.3) is 5.56 Å². The number of halogens is 1. The summed E-state index contributed by atoms with van der Waals surface area (Å²) in [6, 6.07) is 13.8. The van der Waals surface area contributed by atoms with Crippen LogP contribution in [0.1, 0.15) is 43.5 Å². The van der Waals surface area contributed by atoms with Gasteiger partial charge in [-0.05, 0) is 42.7 Å². The number of aromatic amines is 1. The molecule has 29 heavy (non-hydrogen) atoms. The van der Waals surface area contributed by atoms with E-state index in [-0.39, 0.29) is 29.1 Å². The van der Waals surface area contributed by atoms with Crippen LogP contribution in [-0.2, 0) is 16.6 Å². The largest absolute Gasteiger partial charge is 0.355 e. The van der Waals surface area contributed by atoms with Crippen LogP contribution in [0.5, 0.6) is 0 Å². The SMILES string of the molecule is O=C(CCc1nc2ccccc2c(=O)[nH]1)NCC1(c2ccc(F)cc2)CCCC1. The molecule has 1 saturated carbocycles. The lowest BCUT2D eigenvalue weighted by Gasteiger charge is -2.30. The smallest absolute Gasteiger partial charge is 0.258 e. The molecule has 0 spiro atoms. The number of rotatable bonds is 6. The zero-order valence-corrected chi connectivity index (χ0v) is 16.2. The van der Waals surface area contributed by atoms with Crippen LogP contribution in [0.15, 0.2) is 53.3 Å². The van der Waals surface area contributed by atoms with E-state index < -0.39 is 0 Å². The lowest BCUT2D eigenvalue weighted by atomic mass is 9.79. The second-order valence-corrected chi connectivity index (χ2v) is 7.80. The predicted octanol–water partition coefficient (Wildman–Crippen LogP) is 3.62. The zero-order valence-electron chi connectivity index (χ0n) is 16.2. The Bertz CT molecular complexity index is 1070. The number of H-pyrrole nitrogens is 1. The summed E-state index contributed by atoms with van der Waals surface area (Å²) in [6.45, 7) is 0.541. The average Bonchev–Trinajstić information content (AvgIpc) is 3.21. The lowest BCUT2D eigenvalue weighted by molar-refractivity contribution is -0.121. The van der Waals surface area contributed by atoms with Crippen molar-refractivity contribution in [2.45, 2.75) is 43.9 Å². The number of amides is 1. The van der Waals surface area contributed by atoms with E-state index >= 15 is 0 Å². The Morgan fingerprint density at radius 2 is 1.83 bits per heavy atom. The van der Waals surface area contributed by atoms with Gasteiger partial charge in [-0.1, -0.05) is 37.1 Å². The molecule has 0 saturated heterocycles. The van der Waals surface area contributed by atoms with Crippen molar-refractivity contribution in [1.29, 1.82) is 0 Å². The minimum atomic E-state index is -0.247. The van der Waals surface area contributed by atoms with Gasteiger partial charge in [0.15, 0.2) is 0 Å². The van der Waals surface area contributed by atoms with E-state index in [1.54, 1.807) is 18.2 Å². The summed E-state index contributed by atoms with van der Waals surface area (Å²) in [7, 11) is 0. The highest BCUT2D eigenvalue weighted by Gasteiger charge is 2.35. The van der Waals surface area contributed by atoms with Crippen LogP contribution in [0.3, 0.4) is 0 Å². The summed E-state index contributed by atoms with van der Waals surface area (Å²) >= 11 is 0. The van der Waals surface area contributed by atoms with Gasteiger partial charge >= 0.3 is 0 Å². The highest BCUT2D eigenvalue weighted by Crippen LogP contribution is 2.40. The number of benzene rings is 2. The third-order valence-electron chi connectivity index (χ3n) is 5.89. The molecule has 1 aromatic heterocycles. The first-order valence-electron chi connectivity index (χ1n) is 10.1. The van der Waals surface area contributed by atoms with Crippen molar-refractivity contribution >= 4 is 16.8 Å². The van der Waals surface area contributed by atoms with Gasteiger partial charge in [-0.15, -0.1) is 0 Å². The molecule has 2 aromatic carbocycles. The fourth-order valence-electron chi connectivity index (χ4n) is 4.26. The van der Waals surface area contributed by atoms with E-state index in [0.717, 1.165) is 31.2 Å². The third-order valence-corrected chi connectivity index (χ3v) is 5.89. The van der Waals surface area contributed by atoms with Crippen LogP contribution in [0.4, 0.5) is 4.39 Å². The summed E-state index contributed by atoms with van der Waals surface area (Å²) in [6.07, 6.45) is 4.80. The van der Waals surface area contributed by atoms with Crippen LogP contribution in [0.2, 0.25) is 0 Å². The lowest BCUT2D eigenvalue weighted by Crippen LogP contribution is -2.39. The molecule has 1 heterocycles. The second kappa shape index (κ2) is 8.15. The third kappa shape index (κ3) is 4.21. The number of nitrogens with zero attached hydrogens (tertiary/aromatic N) is 1. The molecule has 0 bridgehead atoms. The Morgan fingerprint density at radius 3 is 2.59 bits per heavy atom. The monoisotopic (exact) mass is 393 g/mol. The maximum absolute atomic E-state index is 13.3. The summed E-state index contributed by atoms with van der Waals surface area (Å²) in [5, 5.41) is 3.59. The van der Waals surface area contributed by atoms with E-state index in [1.165, 1.54) is 12.1 Å². The van der Waals surface area contributed by atoms with Gasteiger partial charge < -0.3 is 10.3 Å². The average molecular weight is 393 g/mol. The van der Waals surface area contributed by atoms with E-state index in [9.17, 15) is 14.0 Å². The van der Waals surface area contributed by atoms with Crippen molar-refractivity contribution in [3.8, 4) is 0 Å². The Labute approximate surface area is 168 Å². The summed E-state index contributed by atoms with van der Waals surface area (Å²) in [5.41, 5.74) is 1.40. The fourth-order valence-corrected chi connectivity index (χ4v) is 4.26. The predicted molar refractivity (Wildman–Crippen MR) is 110 cm³/mol. The Hall–Kier alpha value is -3.02. The molecule has 6 heteroatoms. The molecule has 0 unspecified atom stereocenters. The number of hydrogen-bond acceptors (Lipinski definition) is 3. The molecule has 0 aliphatic heterocycles. The van der Waals surface area contributed by atoms with Crippen LogP contribution >= 0.6 is 0 Å². The van der Waals surface area contributed by atoms with Gasteiger partial charge in [-0.2, -0.15) is 0 Å². The number of para-hydroxylation sites is 1.